The van der Waals surface area contributed by atoms with Crippen LogP contribution in [0.3, 0.4) is 0 Å². The molecule has 5 heteroatoms. The number of aliphatic hydroxyl groups excluding tert-OH is 1. The minimum absolute atomic E-state index is 0.235. The van der Waals surface area contributed by atoms with Crippen molar-refractivity contribution in [2.45, 2.75) is 25.9 Å². The summed E-state index contributed by atoms with van der Waals surface area (Å²) in [5, 5.41) is 17.2. The van der Waals surface area contributed by atoms with Gasteiger partial charge < -0.3 is 9.67 Å². The first-order valence-electron chi connectivity index (χ1n) is 5.40. The lowest BCUT2D eigenvalue weighted by Gasteiger charge is -2.24. The van der Waals surface area contributed by atoms with Crippen molar-refractivity contribution < 1.29 is 5.11 Å². The molecule has 1 N–H and O–H groups in total. The Labute approximate surface area is 89.7 Å². The van der Waals surface area contributed by atoms with E-state index in [1.54, 1.807) is 6.33 Å². The van der Waals surface area contributed by atoms with E-state index in [4.69, 9.17) is 0 Å². The molecule has 15 heavy (non-hydrogen) atoms. The summed E-state index contributed by atoms with van der Waals surface area (Å²) in [6.45, 7) is 4.25. The van der Waals surface area contributed by atoms with Gasteiger partial charge in [0.15, 0.2) is 0 Å². The monoisotopic (exact) mass is 210 g/mol. The molecule has 0 aliphatic carbocycles. The van der Waals surface area contributed by atoms with Crippen LogP contribution >= 0.6 is 0 Å². The number of aryl methyl sites for hydroxylation is 1. The van der Waals surface area contributed by atoms with Crippen molar-refractivity contribution in [3.05, 3.63) is 12.2 Å². The maximum absolute atomic E-state index is 9.32. The summed E-state index contributed by atoms with van der Waals surface area (Å²) in [4.78, 5) is 2.29. The van der Waals surface area contributed by atoms with Gasteiger partial charge in [0.05, 0.1) is 13.2 Å². The third-order valence-electron chi connectivity index (χ3n) is 3.33. The average Bonchev–Trinajstić information content (AvgIpc) is 2.76. The Morgan fingerprint density at radius 2 is 2.40 bits per heavy atom. The molecule has 1 aliphatic heterocycles. The van der Waals surface area contributed by atoms with Crippen molar-refractivity contribution in [3.63, 3.8) is 0 Å². The van der Waals surface area contributed by atoms with E-state index in [1.165, 1.54) is 0 Å². The van der Waals surface area contributed by atoms with Crippen LogP contribution in [0.25, 0.3) is 0 Å². The molecule has 0 saturated carbocycles. The first kappa shape index (κ1) is 10.6. The van der Waals surface area contributed by atoms with Crippen molar-refractivity contribution in [3.8, 4) is 0 Å². The predicted octanol–water partition coefficient (Wildman–Crippen LogP) is 0.0178. The fourth-order valence-corrected chi connectivity index (χ4v) is 2.21. The number of nitrogens with zero attached hydrogens (tertiary/aromatic N) is 4. The summed E-state index contributed by atoms with van der Waals surface area (Å²) >= 11 is 0. The minimum Gasteiger partial charge on any atom is -0.395 e. The average molecular weight is 210 g/mol. The van der Waals surface area contributed by atoms with Crippen LogP contribution in [0.2, 0.25) is 0 Å². The second kappa shape index (κ2) is 4.28. The molecule has 0 radical (unpaired) electrons. The van der Waals surface area contributed by atoms with Crippen LogP contribution in [0.5, 0.6) is 0 Å². The Morgan fingerprint density at radius 3 is 3.00 bits per heavy atom. The molecule has 1 aromatic heterocycles. The Hall–Kier alpha value is -0.940. The van der Waals surface area contributed by atoms with Crippen molar-refractivity contribution in [1.29, 1.82) is 0 Å². The third-order valence-corrected chi connectivity index (χ3v) is 3.33. The number of hydrogen-bond donors (Lipinski definition) is 1. The Balaban J connectivity index is 2.03. The zero-order valence-corrected chi connectivity index (χ0v) is 9.30. The quantitative estimate of drug-likeness (QED) is 0.764. The highest BCUT2D eigenvalue weighted by Gasteiger charge is 2.30. The zero-order chi connectivity index (χ0) is 10.8. The van der Waals surface area contributed by atoms with Crippen LogP contribution < -0.4 is 0 Å². The van der Waals surface area contributed by atoms with E-state index in [0.29, 0.717) is 5.92 Å². The fourth-order valence-electron chi connectivity index (χ4n) is 2.21. The van der Waals surface area contributed by atoms with Crippen molar-refractivity contribution in [2.75, 3.05) is 13.2 Å². The van der Waals surface area contributed by atoms with Gasteiger partial charge in [-0.05, 0) is 18.9 Å². The molecule has 1 saturated heterocycles. The van der Waals surface area contributed by atoms with Crippen molar-refractivity contribution in [2.24, 2.45) is 13.0 Å². The standard InChI is InChI=1S/C10H18N4O/c1-8-3-4-14(9(8)6-15)5-10-12-11-7-13(10)2/h7-9,15H,3-6H2,1-2H3. The zero-order valence-electron chi connectivity index (χ0n) is 9.30. The minimum atomic E-state index is 0.235. The first-order chi connectivity index (χ1) is 7.22. The number of aliphatic hydroxyl groups is 1. The van der Waals surface area contributed by atoms with Gasteiger partial charge in [-0.15, -0.1) is 10.2 Å². The lowest BCUT2D eigenvalue weighted by Crippen LogP contribution is -2.35. The van der Waals surface area contributed by atoms with Crippen LogP contribution in [-0.2, 0) is 13.6 Å². The molecule has 2 rings (SSSR count). The van der Waals surface area contributed by atoms with E-state index >= 15 is 0 Å². The Bertz CT molecular complexity index is 325. The molecule has 84 valence electrons. The second-order valence-corrected chi connectivity index (χ2v) is 4.34. The smallest absolute Gasteiger partial charge is 0.146 e. The van der Waals surface area contributed by atoms with Gasteiger partial charge in [0.1, 0.15) is 12.2 Å². The highest BCUT2D eigenvalue weighted by atomic mass is 16.3. The molecule has 1 fully saturated rings. The Morgan fingerprint density at radius 1 is 1.60 bits per heavy atom. The lowest BCUT2D eigenvalue weighted by atomic mass is 10.0. The van der Waals surface area contributed by atoms with Gasteiger partial charge in [-0.1, -0.05) is 6.92 Å². The number of rotatable bonds is 3. The summed E-state index contributed by atoms with van der Waals surface area (Å²) in [7, 11) is 1.95. The molecule has 1 aliphatic rings. The van der Waals surface area contributed by atoms with E-state index in [1.807, 2.05) is 11.6 Å². The normalized spacial score (nSPS) is 27.4. The van der Waals surface area contributed by atoms with Crippen molar-refractivity contribution in [1.82, 2.24) is 19.7 Å². The van der Waals surface area contributed by atoms with Gasteiger partial charge in [0, 0.05) is 13.1 Å². The molecule has 0 spiro atoms. The summed E-state index contributed by atoms with van der Waals surface area (Å²) in [6.07, 6.45) is 2.87. The second-order valence-electron chi connectivity index (χ2n) is 4.34. The van der Waals surface area contributed by atoms with Gasteiger partial charge in [0.25, 0.3) is 0 Å². The van der Waals surface area contributed by atoms with Gasteiger partial charge in [-0.25, -0.2) is 0 Å². The molecule has 2 heterocycles. The van der Waals surface area contributed by atoms with E-state index < -0.39 is 0 Å². The molecule has 0 amide bonds. The molecule has 2 unspecified atom stereocenters. The largest absolute Gasteiger partial charge is 0.395 e. The van der Waals surface area contributed by atoms with Crippen LogP contribution in [0.1, 0.15) is 19.2 Å². The maximum atomic E-state index is 9.32. The SMILES string of the molecule is CC1CCN(Cc2nncn2C)C1CO. The van der Waals surface area contributed by atoms with Gasteiger partial charge in [-0.2, -0.15) is 0 Å². The van der Waals surface area contributed by atoms with Crippen LogP contribution in [-0.4, -0.2) is 44.0 Å². The van der Waals surface area contributed by atoms with E-state index in [2.05, 4.69) is 22.0 Å². The molecule has 0 bridgehead atoms. The molecule has 2 atom stereocenters. The molecular weight excluding hydrogens is 192 g/mol. The highest BCUT2D eigenvalue weighted by Crippen LogP contribution is 2.24. The topological polar surface area (TPSA) is 54.2 Å². The van der Waals surface area contributed by atoms with Crippen LogP contribution in [0.4, 0.5) is 0 Å². The van der Waals surface area contributed by atoms with E-state index in [9.17, 15) is 5.11 Å². The van der Waals surface area contributed by atoms with Gasteiger partial charge >= 0.3 is 0 Å². The maximum Gasteiger partial charge on any atom is 0.146 e. The summed E-state index contributed by atoms with van der Waals surface area (Å²) in [5.74, 6) is 1.53. The lowest BCUT2D eigenvalue weighted by molar-refractivity contribution is 0.131. The van der Waals surface area contributed by atoms with E-state index in [0.717, 1.165) is 25.3 Å². The summed E-state index contributed by atoms with van der Waals surface area (Å²) < 4.78 is 1.93. The third kappa shape index (κ3) is 2.03. The number of likely N-dealkylation sites (tertiary alicyclic amines) is 1. The molecule has 5 nitrogen and oxygen atoms in total. The van der Waals surface area contributed by atoms with Crippen LogP contribution in [0.15, 0.2) is 6.33 Å². The number of hydrogen-bond acceptors (Lipinski definition) is 4. The van der Waals surface area contributed by atoms with E-state index in [-0.39, 0.29) is 12.6 Å². The summed E-state index contributed by atoms with van der Waals surface area (Å²) in [5.41, 5.74) is 0. The van der Waals surface area contributed by atoms with Crippen molar-refractivity contribution >= 4 is 0 Å². The molecule has 0 aromatic carbocycles. The Kier molecular flexibility index (Phi) is 3.02. The van der Waals surface area contributed by atoms with Crippen LogP contribution in [0, 0.1) is 5.92 Å². The van der Waals surface area contributed by atoms with Gasteiger partial charge in [-0.3, -0.25) is 4.90 Å². The molecule has 1 aromatic rings. The number of aromatic nitrogens is 3. The molecular formula is C10H18N4O. The van der Waals surface area contributed by atoms with Gasteiger partial charge in [0.2, 0.25) is 0 Å². The fraction of sp³-hybridized carbons (Fsp3) is 0.800. The summed E-state index contributed by atoms with van der Waals surface area (Å²) in [6, 6.07) is 0.279. The predicted molar refractivity (Wildman–Crippen MR) is 56.1 cm³/mol. The highest BCUT2D eigenvalue weighted by molar-refractivity contribution is 4.90. The first-order valence-corrected chi connectivity index (χ1v) is 5.40.